The standard InChI is InChI=1S/C48H30F2N2O3/c1-27-21-31(43-47-39(17-19-51-43)37-15-13-35(41(49)45(37)54-47)29-9-5-3-6-10-29)25-33(23-27)53-34-24-28(2)22-32(26-34)44-48-40(18-20-52-44)38-16-14-36(42(50)46(38)55-48)30-11-7-4-8-12-30/h3-26H,1-2H3. The third kappa shape index (κ3) is 5.51. The van der Waals surface area contributed by atoms with Crippen LogP contribution in [0.15, 0.2) is 155 Å². The Kier molecular flexibility index (Phi) is 7.56. The summed E-state index contributed by atoms with van der Waals surface area (Å²) in [4.78, 5) is 9.40. The van der Waals surface area contributed by atoms with Crippen LogP contribution in [0.4, 0.5) is 8.78 Å². The third-order valence-electron chi connectivity index (χ3n) is 10.0. The molecule has 0 unspecified atom stereocenters. The molecule has 4 heterocycles. The monoisotopic (exact) mass is 720 g/mol. The molecule has 4 aromatic heterocycles. The maximum absolute atomic E-state index is 16.0. The van der Waals surface area contributed by atoms with Crippen LogP contribution in [0, 0.1) is 25.5 Å². The van der Waals surface area contributed by atoms with Crippen molar-refractivity contribution in [3.63, 3.8) is 0 Å². The molecule has 264 valence electrons. The first-order valence-electron chi connectivity index (χ1n) is 17.9. The number of hydrogen-bond acceptors (Lipinski definition) is 5. The molecule has 6 aromatic carbocycles. The second-order valence-electron chi connectivity index (χ2n) is 13.8. The Bertz CT molecular complexity index is 2900. The Hall–Kier alpha value is -7.12. The van der Waals surface area contributed by atoms with Gasteiger partial charge in [0.25, 0.3) is 0 Å². The third-order valence-corrected chi connectivity index (χ3v) is 10.0. The van der Waals surface area contributed by atoms with Gasteiger partial charge < -0.3 is 13.6 Å². The first kappa shape index (κ1) is 32.5. The van der Waals surface area contributed by atoms with Crippen molar-refractivity contribution in [3.8, 4) is 56.3 Å². The molecular weight excluding hydrogens is 691 g/mol. The zero-order valence-electron chi connectivity index (χ0n) is 29.7. The molecular formula is C48H30F2N2O3. The van der Waals surface area contributed by atoms with Crippen LogP contribution in [-0.2, 0) is 0 Å². The van der Waals surface area contributed by atoms with E-state index in [0.717, 1.165) is 44.2 Å². The first-order valence-corrected chi connectivity index (χ1v) is 17.9. The lowest BCUT2D eigenvalue weighted by atomic mass is 10.0. The van der Waals surface area contributed by atoms with Gasteiger partial charge in [-0.05, 0) is 96.8 Å². The van der Waals surface area contributed by atoms with E-state index in [1.54, 1.807) is 24.5 Å². The van der Waals surface area contributed by atoms with Crippen LogP contribution in [-0.4, -0.2) is 9.97 Å². The molecule has 5 nitrogen and oxygen atoms in total. The summed E-state index contributed by atoms with van der Waals surface area (Å²) in [7, 11) is 0. The zero-order valence-corrected chi connectivity index (χ0v) is 29.7. The van der Waals surface area contributed by atoms with Crippen molar-refractivity contribution in [2.75, 3.05) is 0 Å². The van der Waals surface area contributed by atoms with E-state index in [-0.39, 0.29) is 11.2 Å². The predicted octanol–water partition coefficient (Wildman–Crippen LogP) is 13.6. The van der Waals surface area contributed by atoms with E-state index in [4.69, 9.17) is 23.5 Å². The zero-order chi connectivity index (χ0) is 37.2. The molecule has 0 N–H and O–H groups in total. The highest BCUT2D eigenvalue weighted by atomic mass is 19.1. The molecule has 0 bridgehead atoms. The van der Waals surface area contributed by atoms with Crippen molar-refractivity contribution in [3.05, 3.63) is 169 Å². The number of aromatic nitrogens is 2. The molecule has 0 spiro atoms. The van der Waals surface area contributed by atoms with Crippen molar-refractivity contribution in [2.45, 2.75) is 13.8 Å². The number of hydrogen-bond donors (Lipinski definition) is 0. The second kappa shape index (κ2) is 12.8. The largest absolute Gasteiger partial charge is 0.457 e. The van der Waals surface area contributed by atoms with Crippen LogP contribution in [0.2, 0.25) is 0 Å². The van der Waals surface area contributed by atoms with Crippen LogP contribution >= 0.6 is 0 Å². The van der Waals surface area contributed by atoms with Crippen LogP contribution in [0.3, 0.4) is 0 Å². The molecule has 7 heteroatoms. The minimum atomic E-state index is -0.413. The van der Waals surface area contributed by atoms with E-state index < -0.39 is 11.6 Å². The lowest BCUT2D eigenvalue weighted by Crippen LogP contribution is -1.91. The van der Waals surface area contributed by atoms with Crippen molar-refractivity contribution < 1.29 is 22.4 Å². The van der Waals surface area contributed by atoms with Crippen LogP contribution in [0.1, 0.15) is 11.1 Å². The smallest absolute Gasteiger partial charge is 0.174 e. The van der Waals surface area contributed by atoms with Gasteiger partial charge in [0.05, 0.1) is 0 Å². The van der Waals surface area contributed by atoms with Crippen molar-refractivity contribution in [2.24, 2.45) is 0 Å². The van der Waals surface area contributed by atoms with E-state index in [9.17, 15) is 0 Å². The van der Waals surface area contributed by atoms with E-state index >= 15 is 8.78 Å². The van der Waals surface area contributed by atoms with Gasteiger partial charge in [0.15, 0.2) is 34.0 Å². The van der Waals surface area contributed by atoms with E-state index in [0.29, 0.717) is 56.0 Å². The minimum absolute atomic E-state index is 0.189. The number of rotatable bonds is 6. The molecule has 0 radical (unpaired) electrons. The number of aryl methyl sites for hydroxylation is 2. The summed E-state index contributed by atoms with van der Waals surface area (Å²) >= 11 is 0. The Morgan fingerprint density at radius 2 is 0.855 bits per heavy atom. The van der Waals surface area contributed by atoms with Gasteiger partial charge in [-0.25, -0.2) is 8.78 Å². The van der Waals surface area contributed by atoms with Gasteiger partial charge >= 0.3 is 0 Å². The fourth-order valence-electron chi connectivity index (χ4n) is 7.58. The van der Waals surface area contributed by atoms with Gasteiger partial charge in [-0.15, -0.1) is 0 Å². The Labute approximate surface area is 314 Å². The lowest BCUT2D eigenvalue weighted by molar-refractivity contribution is 0.482. The van der Waals surface area contributed by atoms with Gasteiger partial charge in [0, 0.05) is 56.2 Å². The number of fused-ring (bicyclic) bond motifs is 6. The van der Waals surface area contributed by atoms with Crippen molar-refractivity contribution in [1.29, 1.82) is 0 Å². The highest BCUT2D eigenvalue weighted by Crippen LogP contribution is 2.42. The maximum atomic E-state index is 16.0. The summed E-state index contributed by atoms with van der Waals surface area (Å²) in [5, 5.41) is 2.91. The molecule has 10 rings (SSSR count). The van der Waals surface area contributed by atoms with E-state index in [2.05, 4.69) is 0 Å². The van der Waals surface area contributed by atoms with Crippen LogP contribution in [0.25, 0.3) is 88.6 Å². The molecule has 0 amide bonds. The van der Waals surface area contributed by atoms with Gasteiger partial charge in [0.2, 0.25) is 0 Å². The number of halogens is 2. The molecule has 10 aromatic rings. The highest BCUT2D eigenvalue weighted by molar-refractivity contribution is 6.11. The quantitative estimate of drug-likeness (QED) is 0.171. The normalized spacial score (nSPS) is 11.6. The van der Waals surface area contributed by atoms with E-state index in [1.165, 1.54) is 0 Å². The molecule has 0 saturated carbocycles. The Morgan fingerprint density at radius 1 is 0.436 bits per heavy atom. The molecule has 0 aliphatic rings. The predicted molar refractivity (Wildman–Crippen MR) is 214 cm³/mol. The van der Waals surface area contributed by atoms with Gasteiger partial charge in [-0.2, -0.15) is 0 Å². The minimum Gasteiger partial charge on any atom is -0.457 e. The molecule has 0 saturated heterocycles. The average Bonchev–Trinajstić information content (AvgIpc) is 3.78. The van der Waals surface area contributed by atoms with Gasteiger partial charge in [-0.1, -0.05) is 72.8 Å². The van der Waals surface area contributed by atoms with Gasteiger partial charge in [-0.3, -0.25) is 9.97 Å². The summed E-state index contributed by atoms with van der Waals surface area (Å²) in [6, 6.07) is 41.6. The lowest BCUT2D eigenvalue weighted by Gasteiger charge is -2.12. The number of ether oxygens (including phenoxy) is 1. The van der Waals surface area contributed by atoms with Crippen LogP contribution < -0.4 is 4.74 Å². The fourth-order valence-corrected chi connectivity index (χ4v) is 7.58. The summed E-state index contributed by atoms with van der Waals surface area (Å²) in [5.74, 6) is 0.349. The summed E-state index contributed by atoms with van der Waals surface area (Å²) < 4.78 is 51.0. The molecule has 0 aliphatic heterocycles. The molecule has 0 aliphatic carbocycles. The van der Waals surface area contributed by atoms with E-state index in [1.807, 2.05) is 135 Å². The first-order chi connectivity index (χ1) is 26.9. The maximum Gasteiger partial charge on any atom is 0.174 e. The Balaban J connectivity index is 1.03. The summed E-state index contributed by atoms with van der Waals surface area (Å²) in [6.07, 6.45) is 3.43. The van der Waals surface area contributed by atoms with Crippen molar-refractivity contribution >= 4 is 43.9 Å². The number of furan rings is 2. The summed E-state index contributed by atoms with van der Waals surface area (Å²) in [5.41, 5.74) is 8.44. The average molecular weight is 721 g/mol. The van der Waals surface area contributed by atoms with Gasteiger partial charge in [0.1, 0.15) is 22.9 Å². The number of nitrogens with zero attached hydrogens (tertiary/aromatic N) is 2. The number of benzene rings is 6. The SMILES string of the molecule is Cc1cc(Oc2cc(C)cc(-c3nccc4c3oc3c(F)c(-c5ccccc5)ccc34)c2)cc(-c2nccc3c2oc2c(F)c(-c4ccccc4)ccc23)c1. The highest BCUT2D eigenvalue weighted by Gasteiger charge is 2.21. The fraction of sp³-hybridized carbons (Fsp3) is 0.0417. The molecule has 0 fully saturated rings. The van der Waals surface area contributed by atoms with Crippen molar-refractivity contribution in [1.82, 2.24) is 9.97 Å². The topological polar surface area (TPSA) is 61.3 Å². The molecule has 0 atom stereocenters. The Morgan fingerprint density at radius 3 is 1.29 bits per heavy atom. The summed E-state index contributed by atoms with van der Waals surface area (Å²) in [6.45, 7) is 3.97. The number of pyridine rings is 2. The van der Waals surface area contributed by atoms with Crippen LogP contribution in [0.5, 0.6) is 11.5 Å². The second-order valence-corrected chi connectivity index (χ2v) is 13.8. The molecule has 55 heavy (non-hydrogen) atoms.